The lowest BCUT2D eigenvalue weighted by atomic mass is 9.98. The van der Waals surface area contributed by atoms with Gasteiger partial charge in [-0.25, -0.2) is 0 Å². The van der Waals surface area contributed by atoms with Crippen LogP contribution < -0.4 is 10.5 Å². The second-order valence-corrected chi connectivity index (χ2v) is 5.24. The molecule has 0 aliphatic heterocycles. The first-order valence-electron chi connectivity index (χ1n) is 5.85. The van der Waals surface area contributed by atoms with Crippen LogP contribution in [0.15, 0.2) is 18.2 Å². The fourth-order valence-electron chi connectivity index (χ4n) is 1.72. The molecule has 0 heterocycles. The second-order valence-electron chi connectivity index (χ2n) is 5.24. The van der Waals surface area contributed by atoms with Gasteiger partial charge in [-0.3, -0.25) is 0 Å². The van der Waals surface area contributed by atoms with Crippen LogP contribution in [0, 0.1) is 6.92 Å². The maximum Gasteiger partial charge on any atom is 0.120 e. The minimum atomic E-state index is -0.300. The van der Waals surface area contributed by atoms with Crippen molar-refractivity contribution >= 4 is 0 Å². The van der Waals surface area contributed by atoms with E-state index in [4.69, 9.17) is 10.5 Å². The van der Waals surface area contributed by atoms with Crippen molar-refractivity contribution in [3.8, 4) is 5.75 Å². The summed E-state index contributed by atoms with van der Waals surface area (Å²) in [6, 6.07) is 6.26. The summed E-state index contributed by atoms with van der Waals surface area (Å²) in [6.45, 7) is 11.0. The monoisotopic (exact) mass is 221 g/mol. The maximum atomic E-state index is 5.84. The van der Waals surface area contributed by atoms with Gasteiger partial charge in [0.05, 0.1) is 0 Å². The van der Waals surface area contributed by atoms with Crippen LogP contribution in [0.25, 0.3) is 0 Å². The molecule has 2 nitrogen and oxygen atoms in total. The lowest BCUT2D eigenvalue weighted by Gasteiger charge is -2.25. The quantitative estimate of drug-likeness (QED) is 0.847. The van der Waals surface area contributed by atoms with Crippen molar-refractivity contribution < 1.29 is 4.74 Å². The normalized spacial score (nSPS) is 11.9. The summed E-state index contributed by atoms with van der Waals surface area (Å²) in [5.74, 6) is 1.45. The van der Waals surface area contributed by atoms with Crippen molar-refractivity contribution in [3.05, 3.63) is 29.3 Å². The van der Waals surface area contributed by atoms with Crippen molar-refractivity contribution in [2.75, 3.05) is 6.54 Å². The molecule has 2 N–H and O–H groups in total. The molecule has 1 aromatic carbocycles. The Kier molecular flexibility index (Phi) is 3.98. The zero-order valence-corrected chi connectivity index (χ0v) is 11.0. The van der Waals surface area contributed by atoms with Gasteiger partial charge in [0.1, 0.15) is 11.4 Å². The van der Waals surface area contributed by atoms with Crippen LogP contribution in [0.3, 0.4) is 0 Å². The van der Waals surface area contributed by atoms with E-state index in [1.807, 2.05) is 19.9 Å². The minimum Gasteiger partial charge on any atom is -0.487 e. The third kappa shape index (κ3) is 3.24. The fourth-order valence-corrected chi connectivity index (χ4v) is 1.72. The highest BCUT2D eigenvalue weighted by molar-refractivity contribution is 5.36. The minimum absolute atomic E-state index is 0.300. The number of benzene rings is 1. The van der Waals surface area contributed by atoms with Gasteiger partial charge in [-0.15, -0.1) is 0 Å². The molecule has 1 rings (SSSR count). The molecule has 0 saturated heterocycles. The molecule has 0 aromatic heterocycles. The van der Waals surface area contributed by atoms with Crippen LogP contribution in [0.2, 0.25) is 0 Å². The lowest BCUT2D eigenvalue weighted by Crippen LogP contribution is -2.37. The van der Waals surface area contributed by atoms with E-state index < -0.39 is 0 Å². The van der Waals surface area contributed by atoms with Crippen molar-refractivity contribution in [3.63, 3.8) is 0 Å². The summed E-state index contributed by atoms with van der Waals surface area (Å²) in [5, 5.41) is 0. The second kappa shape index (κ2) is 4.88. The van der Waals surface area contributed by atoms with Gasteiger partial charge in [0, 0.05) is 6.54 Å². The molecule has 0 amide bonds. The van der Waals surface area contributed by atoms with E-state index in [0.717, 1.165) is 5.75 Å². The summed E-state index contributed by atoms with van der Waals surface area (Å²) in [6.07, 6.45) is 0. The Balaban J connectivity index is 2.90. The van der Waals surface area contributed by atoms with Crippen molar-refractivity contribution in [1.82, 2.24) is 0 Å². The molecule has 1 aromatic rings. The van der Waals surface area contributed by atoms with Crippen molar-refractivity contribution in [2.45, 2.75) is 46.1 Å². The average molecular weight is 221 g/mol. The van der Waals surface area contributed by atoms with Crippen molar-refractivity contribution in [2.24, 2.45) is 5.73 Å². The SMILES string of the molecule is Cc1cc(OC(C)(C)CN)ccc1C(C)C. The zero-order valence-electron chi connectivity index (χ0n) is 11.0. The van der Waals surface area contributed by atoms with E-state index in [9.17, 15) is 0 Å². The van der Waals surface area contributed by atoms with Crippen molar-refractivity contribution in [1.29, 1.82) is 0 Å². The van der Waals surface area contributed by atoms with Gasteiger partial charge in [0.15, 0.2) is 0 Å². The Hall–Kier alpha value is -1.02. The number of aryl methyl sites for hydroxylation is 1. The van der Waals surface area contributed by atoms with Crippen LogP contribution in [0.4, 0.5) is 0 Å². The summed E-state index contributed by atoms with van der Waals surface area (Å²) < 4.78 is 5.84. The smallest absolute Gasteiger partial charge is 0.120 e. The number of hydrogen-bond donors (Lipinski definition) is 1. The third-order valence-corrected chi connectivity index (χ3v) is 2.75. The Morgan fingerprint density at radius 1 is 1.31 bits per heavy atom. The Morgan fingerprint density at radius 2 is 1.94 bits per heavy atom. The summed E-state index contributed by atoms with van der Waals surface area (Å²) in [4.78, 5) is 0. The first-order valence-corrected chi connectivity index (χ1v) is 5.85. The van der Waals surface area contributed by atoms with E-state index >= 15 is 0 Å². The molecule has 0 saturated carbocycles. The third-order valence-electron chi connectivity index (χ3n) is 2.75. The van der Waals surface area contributed by atoms with E-state index in [1.165, 1.54) is 11.1 Å². The fraction of sp³-hybridized carbons (Fsp3) is 0.571. The number of ether oxygens (including phenoxy) is 1. The Labute approximate surface area is 98.8 Å². The largest absolute Gasteiger partial charge is 0.487 e. The van der Waals surface area contributed by atoms with Crippen LogP contribution in [0.5, 0.6) is 5.75 Å². The highest BCUT2D eigenvalue weighted by Gasteiger charge is 2.17. The standard InChI is InChI=1S/C14H23NO/c1-10(2)13-7-6-12(8-11(13)3)16-14(4,5)9-15/h6-8,10H,9,15H2,1-5H3. The molecular formula is C14H23NO. The van der Waals surface area contributed by atoms with Crippen LogP contribution in [-0.4, -0.2) is 12.1 Å². The molecule has 0 bridgehead atoms. The maximum absolute atomic E-state index is 5.84. The van der Waals surface area contributed by atoms with Gasteiger partial charge in [0.25, 0.3) is 0 Å². The predicted octanol–water partition coefficient (Wildman–Crippen LogP) is 3.23. The number of nitrogens with two attached hydrogens (primary N) is 1. The average Bonchev–Trinajstić information content (AvgIpc) is 2.16. The zero-order chi connectivity index (χ0) is 12.3. The van der Waals surface area contributed by atoms with Crippen LogP contribution in [0.1, 0.15) is 44.7 Å². The Bertz CT molecular complexity index is 356. The van der Waals surface area contributed by atoms with Gasteiger partial charge in [-0.05, 0) is 49.9 Å². The molecule has 0 spiro atoms. The van der Waals surface area contributed by atoms with Crippen LogP contribution in [-0.2, 0) is 0 Å². The molecule has 0 aliphatic carbocycles. The highest BCUT2D eigenvalue weighted by atomic mass is 16.5. The van der Waals surface area contributed by atoms with Gasteiger partial charge >= 0.3 is 0 Å². The molecule has 0 unspecified atom stereocenters. The molecular weight excluding hydrogens is 198 g/mol. The van der Waals surface area contributed by atoms with E-state index in [0.29, 0.717) is 12.5 Å². The van der Waals surface area contributed by atoms with Crippen LogP contribution >= 0.6 is 0 Å². The number of hydrogen-bond acceptors (Lipinski definition) is 2. The lowest BCUT2D eigenvalue weighted by molar-refractivity contribution is 0.118. The first kappa shape index (κ1) is 13.0. The van der Waals surface area contributed by atoms with E-state index in [1.54, 1.807) is 0 Å². The van der Waals surface area contributed by atoms with Gasteiger partial charge in [0.2, 0.25) is 0 Å². The molecule has 0 atom stereocenters. The Morgan fingerprint density at radius 3 is 2.38 bits per heavy atom. The molecule has 16 heavy (non-hydrogen) atoms. The molecule has 90 valence electrons. The number of rotatable bonds is 4. The molecule has 2 heteroatoms. The summed E-state index contributed by atoms with van der Waals surface area (Å²) >= 11 is 0. The molecule has 0 radical (unpaired) electrons. The van der Waals surface area contributed by atoms with E-state index in [2.05, 4.69) is 32.9 Å². The predicted molar refractivity (Wildman–Crippen MR) is 69.0 cm³/mol. The molecule has 0 aliphatic rings. The summed E-state index contributed by atoms with van der Waals surface area (Å²) in [7, 11) is 0. The van der Waals surface area contributed by atoms with Gasteiger partial charge < -0.3 is 10.5 Å². The van der Waals surface area contributed by atoms with Gasteiger partial charge in [-0.1, -0.05) is 19.9 Å². The topological polar surface area (TPSA) is 35.2 Å². The van der Waals surface area contributed by atoms with E-state index in [-0.39, 0.29) is 5.60 Å². The van der Waals surface area contributed by atoms with Gasteiger partial charge in [-0.2, -0.15) is 0 Å². The molecule has 0 fully saturated rings. The highest BCUT2D eigenvalue weighted by Crippen LogP contribution is 2.25. The summed E-state index contributed by atoms with van der Waals surface area (Å²) in [5.41, 5.74) is 8.00. The first-order chi connectivity index (χ1) is 7.35.